The van der Waals surface area contributed by atoms with Crippen molar-refractivity contribution in [2.45, 2.75) is 11.4 Å². The largest absolute Gasteiger partial charge is 0.352 e. The van der Waals surface area contributed by atoms with Crippen molar-refractivity contribution in [3.8, 4) is 0 Å². The van der Waals surface area contributed by atoms with Crippen molar-refractivity contribution in [1.29, 1.82) is 0 Å². The Morgan fingerprint density at radius 3 is 2.31 bits per heavy atom. The first-order chi connectivity index (χ1) is 6.02. The Morgan fingerprint density at radius 1 is 1.31 bits per heavy atom. The van der Waals surface area contributed by atoms with Gasteiger partial charge >= 0.3 is 0 Å². The molecular weight excluding hydrogens is 195 g/mol. The minimum absolute atomic E-state index is 0.458. The van der Waals surface area contributed by atoms with Gasteiger partial charge in [-0.2, -0.15) is 4.39 Å². The summed E-state index contributed by atoms with van der Waals surface area (Å²) in [6.07, 6.45) is 0. The smallest absolute Gasteiger partial charge is 0.299 e. The van der Waals surface area contributed by atoms with Gasteiger partial charge in [-0.25, -0.2) is 8.42 Å². The van der Waals surface area contributed by atoms with Crippen LogP contribution in [-0.4, -0.2) is 19.2 Å². The summed E-state index contributed by atoms with van der Waals surface area (Å²) in [5.74, 6) is -0.481. The van der Waals surface area contributed by atoms with E-state index >= 15 is 0 Å². The highest BCUT2D eigenvalue weighted by molar-refractivity contribution is 7.90. The molecule has 0 saturated heterocycles. The van der Waals surface area contributed by atoms with Crippen LogP contribution >= 0.6 is 0 Å². The number of aliphatic hydroxyl groups is 1. The molecule has 1 aromatic rings. The fourth-order valence-corrected chi connectivity index (χ4v) is 1.67. The molecule has 5 heteroatoms. The standard InChI is InChI=1S/C8H9FO3S/c9-8(10)13(11,12)6-7-4-2-1-3-5-7/h1-5,8,10H,6H2. The molecule has 1 N–H and O–H groups in total. The van der Waals surface area contributed by atoms with Gasteiger partial charge in [0.05, 0.1) is 5.75 Å². The molecule has 0 bridgehead atoms. The number of hydrogen-bond acceptors (Lipinski definition) is 3. The van der Waals surface area contributed by atoms with Gasteiger partial charge in [0.2, 0.25) is 9.84 Å². The molecule has 0 aromatic heterocycles. The predicted octanol–water partition coefficient (Wildman–Crippen LogP) is 0.847. The first-order valence-electron chi connectivity index (χ1n) is 3.60. The van der Waals surface area contributed by atoms with Crippen molar-refractivity contribution < 1.29 is 17.9 Å². The fraction of sp³-hybridized carbons (Fsp3) is 0.250. The predicted molar refractivity (Wildman–Crippen MR) is 46.2 cm³/mol. The van der Waals surface area contributed by atoms with Gasteiger partial charge in [-0.3, -0.25) is 0 Å². The van der Waals surface area contributed by atoms with Crippen molar-refractivity contribution >= 4 is 9.84 Å². The molecule has 72 valence electrons. The lowest BCUT2D eigenvalue weighted by molar-refractivity contribution is 0.117. The van der Waals surface area contributed by atoms with E-state index in [2.05, 4.69) is 0 Å². The number of hydrogen-bond donors (Lipinski definition) is 1. The van der Waals surface area contributed by atoms with Crippen molar-refractivity contribution in [3.05, 3.63) is 35.9 Å². The van der Waals surface area contributed by atoms with E-state index < -0.39 is 21.3 Å². The Bertz CT molecular complexity index is 358. The summed E-state index contributed by atoms with van der Waals surface area (Å²) >= 11 is 0. The van der Waals surface area contributed by atoms with E-state index in [1.165, 1.54) is 0 Å². The first-order valence-corrected chi connectivity index (χ1v) is 5.31. The van der Waals surface area contributed by atoms with Crippen LogP contribution in [0.5, 0.6) is 0 Å². The molecule has 1 rings (SSSR count). The van der Waals surface area contributed by atoms with E-state index in [9.17, 15) is 12.8 Å². The average Bonchev–Trinajstić information content (AvgIpc) is 2.05. The SMILES string of the molecule is O=S(=O)(Cc1ccccc1)C(O)F. The second-order valence-corrected chi connectivity index (χ2v) is 4.59. The van der Waals surface area contributed by atoms with Gasteiger partial charge < -0.3 is 5.11 Å². The lowest BCUT2D eigenvalue weighted by Crippen LogP contribution is -2.17. The first kappa shape index (κ1) is 10.1. The van der Waals surface area contributed by atoms with E-state index in [1.54, 1.807) is 30.3 Å². The minimum Gasteiger partial charge on any atom is -0.352 e. The third kappa shape index (κ3) is 2.78. The highest BCUT2D eigenvalue weighted by Crippen LogP contribution is 2.09. The number of rotatable bonds is 3. The number of halogens is 1. The van der Waals surface area contributed by atoms with Gasteiger partial charge in [-0.1, -0.05) is 30.3 Å². The number of sulfone groups is 1. The number of aliphatic hydroxyl groups excluding tert-OH is 1. The van der Waals surface area contributed by atoms with Crippen LogP contribution in [0.15, 0.2) is 30.3 Å². The molecule has 1 aromatic carbocycles. The fourth-order valence-electron chi connectivity index (χ4n) is 0.875. The Morgan fingerprint density at radius 2 is 1.85 bits per heavy atom. The van der Waals surface area contributed by atoms with Gasteiger partial charge in [0, 0.05) is 0 Å². The molecule has 0 aliphatic carbocycles. The maximum atomic E-state index is 12.1. The lowest BCUT2D eigenvalue weighted by Gasteiger charge is -2.03. The summed E-state index contributed by atoms with van der Waals surface area (Å²) in [4.78, 5) is 0. The van der Waals surface area contributed by atoms with E-state index in [1.807, 2.05) is 0 Å². The van der Waals surface area contributed by atoms with E-state index in [-0.39, 0.29) is 0 Å². The van der Waals surface area contributed by atoms with Crippen molar-refractivity contribution in [2.24, 2.45) is 0 Å². The topological polar surface area (TPSA) is 54.4 Å². The van der Waals surface area contributed by atoms with Gasteiger partial charge in [0.1, 0.15) is 0 Å². The van der Waals surface area contributed by atoms with Crippen LogP contribution in [0, 0.1) is 0 Å². The van der Waals surface area contributed by atoms with Crippen LogP contribution in [0.4, 0.5) is 4.39 Å². The molecule has 0 heterocycles. The van der Waals surface area contributed by atoms with Crippen LogP contribution < -0.4 is 0 Å². The van der Waals surface area contributed by atoms with E-state index in [0.717, 1.165) is 0 Å². The molecule has 1 unspecified atom stereocenters. The molecule has 0 spiro atoms. The van der Waals surface area contributed by atoms with Crippen molar-refractivity contribution in [3.63, 3.8) is 0 Å². The zero-order valence-corrected chi connectivity index (χ0v) is 7.54. The molecule has 0 aliphatic rings. The molecule has 3 nitrogen and oxygen atoms in total. The highest BCUT2D eigenvalue weighted by atomic mass is 32.2. The van der Waals surface area contributed by atoms with Crippen LogP contribution in [0.3, 0.4) is 0 Å². The van der Waals surface area contributed by atoms with Gasteiger partial charge in [0.15, 0.2) is 0 Å². The summed E-state index contributed by atoms with van der Waals surface area (Å²) < 4.78 is 33.9. The third-order valence-electron chi connectivity index (χ3n) is 1.51. The zero-order valence-electron chi connectivity index (χ0n) is 6.72. The Kier molecular flexibility index (Phi) is 3.00. The normalized spacial score (nSPS) is 14.0. The molecule has 0 radical (unpaired) electrons. The monoisotopic (exact) mass is 204 g/mol. The quantitative estimate of drug-likeness (QED) is 0.794. The maximum absolute atomic E-state index is 12.1. The van der Waals surface area contributed by atoms with Crippen LogP contribution in [-0.2, 0) is 15.6 Å². The van der Waals surface area contributed by atoms with Crippen LogP contribution in [0.25, 0.3) is 0 Å². The lowest BCUT2D eigenvalue weighted by atomic mass is 10.2. The van der Waals surface area contributed by atoms with Gasteiger partial charge in [0.25, 0.3) is 5.69 Å². The molecular formula is C8H9FO3S. The van der Waals surface area contributed by atoms with Crippen molar-refractivity contribution in [1.82, 2.24) is 0 Å². The summed E-state index contributed by atoms with van der Waals surface area (Å²) in [5, 5.41) is 8.29. The highest BCUT2D eigenvalue weighted by Gasteiger charge is 2.21. The van der Waals surface area contributed by atoms with Crippen LogP contribution in [0.2, 0.25) is 0 Å². The second kappa shape index (κ2) is 3.85. The summed E-state index contributed by atoms with van der Waals surface area (Å²) in [6, 6.07) is 8.13. The molecule has 0 amide bonds. The second-order valence-electron chi connectivity index (χ2n) is 2.58. The van der Waals surface area contributed by atoms with Gasteiger partial charge in [-0.05, 0) is 5.56 Å². The molecule has 13 heavy (non-hydrogen) atoms. The van der Waals surface area contributed by atoms with E-state index in [0.29, 0.717) is 5.56 Å². The number of alkyl halides is 1. The molecule has 1 atom stereocenters. The van der Waals surface area contributed by atoms with Crippen LogP contribution in [0.1, 0.15) is 5.56 Å². The molecule has 0 aliphatic heterocycles. The minimum atomic E-state index is -4.06. The summed E-state index contributed by atoms with van der Waals surface area (Å²) in [7, 11) is -4.06. The number of benzene rings is 1. The average molecular weight is 204 g/mol. The Balaban J connectivity index is 2.82. The van der Waals surface area contributed by atoms with Crippen molar-refractivity contribution in [2.75, 3.05) is 0 Å². The molecule has 0 saturated carbocycles. The Hall–Kier alpha value is -0.940. The third-order valence-corrected chi connectivity index (χ3v) is 2.84. The maximum Gasteiger partial charge on any atom is 0.299 e. The van der Waals surface area contributed by atoms with E-state index in [4.69, 9.17) is 5.11 Å². The summed E-state index contributed by atoms with van der Waals surface area (Å²) in [6.45, 7) is 0. The zero-order chi connectivity index (χ0) is 9.90. The molecule has 0 fully saturated rings. The van der Waals surface area contributed by atoms with Gasteiger partial charge in [-0.15, -0.1) is 0 Å². The Labute approximate surface area is 75.7 Å². The summed E-state index contributed by atoms with van der Waals surface area (Å²) in [5.41, 5.74) is -2.34.